The molecule has 8 heteroatoms. The van der Waals surface area contributed by atoms with Crippen LogP contribution in [0.5, 0.6) is 0 Å². The number of fused-ring (bicyclic) bond motifs is 1. The fraction of sp³-hybridized carbons (Fsp3) is 0.278. The van der Waals surface area contributed by atoms with E-state index in [1.165, 1.54) is 0 Å². The van der Waals surface area contributed by atoms with E-state index in [0.29, 0.717) is 15.2 Å². The van der Waals surface area contributed by atoms with Gasteiger partial charge in [0.25, 0.3) is 0 Å². The highest BCUT2D eigenvalue weighted by molar-refractivity contribution is 7.91. The zero-order chi connectivity index (χ0) is 18.6. The van der Waals surface area contributed by atoms with Gasteiger partial charge in [-0.25, -0.2) is 8.42 Å². The number of hydrogen-bond donors (Lipinski definition) is 0. The first-order valence-electron chi connectivity index (χ1n) is 8.11. The summed E-state index contributed by atoms with van der Waals surface area (Å²) < 4.78 is 24.7. The summed E-state index contributed by atoms with van der Waals surface area (Å²) in [5.41, 5.74) is 2.79. The maximum atomic E-state index is 12.3. The smallest absolute Gasteiger partial charge is 0.181 e. The van der Waals surface area contributed by atoms with Gasteiger partial charge in [0.15, 0.2) is 14.9 Å². The summed E-state index contributed by atoms with van der Waals surface area (Å²) in [5.74, 6) is 0.157. The van der Waals surface area contributed by atoms with Crippen LogP contribution < -0.4 is 9.80 Å². The van der Waals surface area contributed by atoms with Gasteiger partial charge in [0, 0.05) is 11.4 Å². The molecule has 2 aliphatic heterocycles. The first-order valence-corrected chi connectivity index (χ1v) is 11.1. The van der Waals surface area contributed by atoms with E-state index in [0.717, 1.165) is 16.9 Å². The molecule has 2 aromatic carbocycles. The Hall–Kier alpha value is -1.34. The van der Waals surface area contributed by atoms with Crippen LogP contribution in [0.1, 0.15) is 5.56 Å². The quantitative estimate of drug-likeness (QED) is 0.676. The lowest BCUT2D eigenvalue weighted by Gasteiger charge is -2.26. The maximum Gasteiger partial charge on any atom is 0.181 e. The summed E-state index contributed by atoms with van der Waals surface area (Å²) in [5, 5.41) is 1.45. The molecule has 26 heavy (non-hydrogen) atoms. The molecule has 0 spiro atoms. The van der Waals surface area contributed by atoms with Crippen LogP contribution in [0.15, 0.2) is 42.5 Å². The third-order valence-corrected chi connectivity index (χ3v) is 7.69. The first-order chi connectivity index (χ1) is 12.3. The largest absolute Gasteiger partial charge is 0.312 e. The number of benzene rings is 2. The molecule has 4 nitrogen and oxygen atoms in total. The van der Waals surface area contributed by atoms with E-state index in [2.05, 4.69) is 0 Å². The fourth-order valence-corrected chi connectivity index (χ4v) is 6.34. The standard InChI is InChI=1S/C18H16Cl2N2O2S2/c1-11-2-4-12(5-3-11)21-16-9-26(23,24)10-17(16)22(18(21)25)13-6-7-14(19)15(20)8-13/h2-8,16-17H,9-10H2,1H3/t16-,17-/m0/s1. The molecule has 0 radical (unpaired) electrons. The van der Waals surface area contributed by atoms with Crippen molar-refractivity contribution in [1.82, 2.24) is 0 Å². The monoisotopic (exact) mass is 426 g/mol. The first kappa shape index (κ1) is 18.0. The molecule has 0 unspecified atom stereocenters. The van der Waals surface area contributed by atoms with Crippen molar-refractivity contribution in [2.45, 2.75) is 19.0 Å². The molecule has 136 valence electrons. The molecule has 2 aromatic rings. The van der Waals surface area contributed by atoms with Crippen molar-refractivity contribution in [3.8, 4) is 0 Å². The van der Waals surface area contributed by atoms with Gasteiger partial charge in [-0.2, -0.15) is 0 Å². The Morgan fingerprint density at radius 2 is 1.46 bits per heavy atom. The molecule has 2 fully saturated rings. The Morgan fingerprint density at radius 3 is 2.04 bits per heavy atom. The SMILES string of the molecule is Cc1ccc(N2C(=S)N(c3ccc(Cl)c(Cl)c3)[C@H]3CS(=O)(=O)C[C@@H]32)cc1. The lowest BCUT2D eigenvalue weighted by molar-refractivity contribution is 0.601. The third kappa shape index (κ3) is 2.99. The van der Waals surface area contributed by atoms with Crippen molar-refractivity contribution in [1.29, 1.82) is 0 Å². The van der Waals surface area contributed by atoms with Crippen LogP contribution in [-0.4, -0.2) is 37.1 Å². The fourth-order valence-electron chi connectivity index (χ4n) is 3.65. The van der Waals surface area contributed by atoms with Crippen molar-refractivity contribution < 1.29 is 8.42 Å². The van der Waals surface area contributed by atoms with Crippen LogP contribution >= 0.6 is 35.4 Å². The molecule has 0 bridgehead atoms. The van der Waals surface area contributed by atoms with Crippen LogP contribution in [-0.2, 0) is 9.84 Å². The highest BCUT2D eigenvalue weighted by Crippen LogP contribution is 2.39. The average molecular weight is 427 g/mol. The summed E-state index contributed by atoms with van der Waals surface area (Å²) in [7, 11) is -3.14. The molecule has 0 saturated carbocycles. The van der Waals surface area contributed by atoms with E-state index in [1.807, 2.05) is 47.1 Å². The average Bonchev–Trinajstić information content (AvgIpc) is 3.00. The number of anilines is 2. The second-order valence-electron chi connectivity index (χ2n) is 6.67. The van der Waals surface area contributed by atoms with Crippen molar-refractivity contribution in [2.75, 3.05) is 21.3 Å². The highest BCUT2D eigenvalue weighted by atomic mass is 35.5. The number of aryl methyl sites for hydroxylation is 1. The summed E-state index contributed by atoms with van der Waals surface area (Å²) >= 11 is 18.0. The van der Waals surface area contributed by atoms with Gasteiger partial charge < -0.3 is 9.80 Å². The van der Waals surface area contributed by atoms with Gasteiger partial charge >= 0.3 is 0 Å². The predicted molar refractivity (Wildman–Crippen MR) is 111 cm³/mol. The second-order valence-corrected chi connectivity index (χ2v) is 10.0. The zero-order valence-electron chi connectivity index (χ0n) is 13.9. The topological polar surface area (TPSA) is 40.6 Å². The highest BCUT2D eigenvalue weighted by Gasteiger charge is 2.52. The molecule has 2 atom stereocenters. The minimum absolute atomic E-state index is 0.0699. The molecular weight excluding hydrogens is 411 g/mol. The number of thiocarbonyl (C=S) groups is 1. The summed E-state index contributed by atoms with van der Waals surface area (Å²) in [6, 6.07) is 12.7. The van der Waals surface area contributed by atoms with Gasteiger partial charge in [0.05, 0.1) is 33.6 Å². The minimum Gasteiger partial charge on any atom is -0.312 e. The molecule has 4 rings (SSSR count). The van der Waals surface area contributed by atoms with Gasteiger partial charge in [0.1, 0.15) is 0 Å². The number of halogens is 2. The molecule has 0 aromatic heterocycles. The lowest BCUT2D eigenvalue weighted by atomic mass is 10.1. The van der Waals surface area contributed by atoms with Crippen LogP contribution in [0.25, 0.3) is 0 Å². The summed E-state index contributed by atoms with van der Waals surface area (Å²) in [4.78, 5) is 3.85. The normalized spacial score (nSPS) is 24.2. The molecular formula is C18H16Cl2N2O2S2. The second kappa shape index (κ2) is 6.37. The molecule has 2 saturated heterocycles. The maximum absolute atomic E-state index is 12.3. The van der Waals surface area contributed by atoms with E-state index in [4.69, 9.17) is 35.4 Å². The van der Waals surface area contributed by atoms with Crippen LogP contribution in [0, 0.1) is 6.92 Å². The van der Waals surface area contributed by atoms with Crippen LogP contribution in [0.4, 0.5) is 11.4 Å². The molecule has 0 amide bonds. The lowest BCUT2D eigenvalue weighted by Crippen LogP contribution is -2.37. The number of rotatable bonds is 2. The molecule has 0 N–H and O–H groups in total. The summed E-state index contributed by atoms with van der Waals surface area (Å²) in [6.07, 6.45) is 0. The predicted octanol–water partition coefficient (Wildman–Crippen LogP) is 4.08. The number of nitrogens with zero attached hydrogens (tertiary/aromatic N) is 2. The third-order valence-electron chi connectivity index (χ3n) is 4.86. The Kier molecular flexibility index (Phi) is 4.42. The minimum atomic E-state index is -3.14. The van der Waals surface area contributed by atoms with E-state index < -0.39 is 9.84 Å². The van der Waals surface area contributed by atoms with Gasteiger partial charge in [-0.05, 0) is 49.5 Å². The van der Waals surface area contributed by atoms with Gasteiger partial charge in [0.2, 0.25) is 0 Å². The molecule has 2 aliphatic rings. The van der Waals surface area contributed by atoms with E-state index in [-0.39, 0.29) is 23.6 Å². The zero-order valence-corrected chi connectivity index (χ0v) is 17.0. The van der Waals surface area contributed by atoms with E-state index in [1.54, 1.807) is 12.1 Å². The molecule has 0 aliphatic carbocycles. The Morgan fingerprint density at radius 1 is 0.923 bits per heavy atom. The number of sulfone groups is 1. The summed E-state index contributed by atoms with van der Waals surface area (Å²) in [6.45, 7) is 2.01. The Balaban J connectivity index is 1.81. The van der Waals surface area contributed by atoms with Gasteiger partial charge in [-0.3, -0.25) is 0 Å². The van der Waals surface area contributed by atoms with Crippen molar-refractivity contribution in [2.24, 2.45) is 0 Å². The van der Waals surface area contributed by atoms with Gasteiger partial charge in [-0.1, -0.05) is 40.9 Å². The van der Waals surface area contributed by atoms with Gasteiger partial charge in [-0.15, -0.1) is 0 Å². The Labute approximate surface area is 168 Å². The molecule has 2 heterocycles. The van der Waals surface area contributed by atoms with Crippen molar-refractivity contribution in [3.05, 3.63) is 58.1 Å². The van der Waals surface area contributed by atoms with E-state index in [9.17, 15) is 8.42 Å². The van der Waals surface area contributed by atoms with Crippen LogP contribution in [0.3, 0.4) is 0 Å². The van der Waals surface area contributed by atoms with Crippen LogP contribution in [0.2, 0.25) is 10.0 Å². The van der Waals surface area contributed by atoms with E-state index >= 15 is 0 Å². The van der Waals surface area contributed by atoms with Crippen molar-refractivity contribution in [3.63, 3.8) is 0 Å². The Bertz CT molecular complexity index is 993. The van der Waals surface area contributed by atoms with Crippen molar-refractivity contribution >= 4 is 61.7 Å². The number of hydrogen-bond acceptors (Lipinski definition) is 3.